The highest BCUT2D eigenvalue weighted by atomic mass is 16.5. The van der Waals surface area contributed by atoms with Gasteiger partial charge in [-0.3, -0.25) is 19.8 Å². The van der Waals surface area contributed by atoms with E-state index in [-0.39, 0.29) is 12.5 Å². The molecule has 0 unspecified atom stereocenters. The summed E-state index contributed by atoms with van der Waals surface area (Å²) in [4.78, 5) is 29.7. The first kappa shape index (κ1) is 28.3. The zero-order valence-electron chi connectivity index (χ0n) is 23.2. The van der Waals surface area contributed by atoms with Crippen molar-refractivity contribution in [2.45, 2.75) is 63.6 Å². The maximum absolute atomic E-state index is 12.6. The second-order valence-electron chi connectivity index (χ2n) is 10.9. The highest BCUT2D eigenvalue weighted by Crippen LogP contribution is 2.45. The van der Waals surface area contributed by atoms with Crippen LogP contribution in [0.3, 0.4) is 0 Å². The first-order chi connectivity index (χ1) is 19.9. The molecule has 0 aliphatic heterocycles. The molecule has 1 aromatic heterocycles. The Morgan fingerprint density at radius 3 is 2.49 bits per heavy atom. The van der Waals surface area contributed by atoms with Crippen molar-refractivity contribution >= 4 is 22.7 Å². The molecule has 8 nitrogen and oxygen atoms in total. The Morgan fingerprint density at radius 2 is 1.76 bits per heavy atom. The number of pyridine rings is 1. The topological polar surface area (TPSA) is 127 Å². The van der Waals surface area contributed by atoms with Crippen molar-refractivity contribution in [3.05, 3.63) is 107 Å². The Kier molecular flexibility index (Phi) is 8.61. The number of benzene rings is 3. The molecule has 41 heavy (non-hydrogen) atoms. The fourth-order valence-corrected chi connectivity index (χ4v) is 6.06. The van der Waals surface area contributed by atoms with Gasteiger partial charge in [0.1, 0.15) is 12.4 Å². The predicted octanol–water partition coefficient (Wildman–Crippen LogP) is 5.09. The van der Waals surface area contributed by atoms with Gasteiger partial charge in [0, 0.05) is 46.6 Å². The number of ether oxygens (including phenoxy) is 1. The van der Waals surface area contributed by atoms with E-state index >= 15 is 0 Å². The standard InChI is InChI=1S/C33H36N4O4/c1-22-17-24(27-9-5-6-10-30(27)36-22)21-41-26-11-12-28(32(34)39)29(18-26)33(19-31(38)37-40)15-13-25(14-16-33)35-20-23-7-3-2-4-8-23/h2-12,17-18,25,35,40H,13-16,19-21H2,1H3,(H2,34,39)(H,37,38). The molecular weight excluding hydrogens is 516 g/mol. The monoisotopic (exact) mass is 552 g/mol. The number of aromatic nitrogens is 1. The molecule has 1 heterocycles. The average Bonchev–Trinajstić information content (AvgIpc) is 2.99. The smallest absolute Gasteiger partial charge is 0.249 e. The van der Waals surface area contributed by atoms with Gasteiger partial charge in [-0.15, -0.1) is 0 Å². The van der Waals surface area contributed by atoms with Crippen molar-refractivity contribution in [3.8, 4) is 5.75 Å². The average molecular weight is 553 g/mol. The Balaban J connectivity index is 1.40. The SMILES string of the molecule is Cc1cc(COc2ccc(C(N)=O)c(C3(CC(=O)NO)CCC(NCc4ccccc4)CC3)c2)c2ccccc2n1. The molecule has 4 aromatic rings. The van der Waals surface area contributed by atoms with Crippen molar-refractivity contribution < 1.29 is 19.5 Å². The predicted molar refractivity (Wildman–Crippen MR) is 158 cm³/mol. The number of nitrogens with two attached hydrogens (primary N) is 1. The van der Waals surface area contributed by atoms with Crippen LogP contribution < -0.4 is 21.3 Å². The summed E-state index contributed by atoms with van der Waals surface area (Å²) in [7, 11) is 0. The first-order valence-corrected chi connectivity index (χ1v) is 14.0. The van der Waals surface area contributed by atoms with Gasteiger partial charge in [-0.1, -0.05) is 48.5 Å². The third-order valence-electron chi connectivity index (χ3n) is 8.16. The van der Waals surface area contributed by atoms with Crippen molar-refractivity contribution in [3.63, 3.8) is 0 Å². The van der Waals surface area contributed by atoms with Crippen LogP contribution in [0.1, 0.15) is 64.8 Å². The van der Waals surface area contributed by atoms with Gasteiger partial charge in [-0.2, -0.15) is 0 Å². The van der Waals surface area contributed by atoms with Crippen LogP contribution in [-0.4, -0.2) is 28.0 Å². The van der Waals surface area contributed by atoms with Crippen LogP contribution >= 0.6 is 0 Å². The molecule has 1 aliphatic carbocycles. The number of rotatable bonds is 10. The summed E-state index contributed by atoms with van der Waals surface area (Å²) in [6.07, 6.45) is 2.93. The molecule has 3 aromatic carbocycles. The van der Waals surface area contributed by atoms with Gasteiger partial charge in [0.2, 0.25) is 11.8 Å². The molecule has 0 spiro atoms. The van der Waals surface area contributed by atoms with Gasteiger partial charge in [0.25, 0.3) is 0 Å². The van der Waals surface area contributed by atoms with Crippen LogP contribution in [0.4, 0.5) is 0 Å². The van der Waals surface area contributed by atoms with Crippen molar-refractivity contribution in [1.29, 1.82) is 0 Å². The maximum Gasteiger partial charge on any atom is 0.249 e. The van der Waals surface area contributed by atoms with Crippen LogP contribution in [0.15, 0.2) is 78.9 Å². The second kappa shape index (κ2) is 12.5. The Hall–Kier alpha value is -4.27. The number of carbonyl (C=O) groups is 2. The molecular formula is C33H36N4O4. The third-order valence-corrected chi connectivity index (χ3v) is 8.16. The fraction of sp³-hybridized carbons (Fsp3) is 0.303. The van der Waals surface area contributed by atoms with Crippen LogP contribution in [0.5, 0.6) is 5.75 Å². The molecule has 8 heteroatoms. The Bertz CT molecular complexity index is 1530. The molecule has 0 saturated heterocycles. The molecule has 5 N–H and O–H groups in total. The normalized spacial score (nSPS) is 18.6. The number of fused-ring (bicyclic) bond motifs is 1. The number of amides is 2. The van der Waals surface area contributed by atoms with Gasteiger partial charge in [-0.25, -0.2) is 5.48 Å². The fourth-order valence-electron chi connectivity index (χ4n) is 6.06. The Labute approximate surface area is 239 Å². The highest BCUT2D eigenvalue weighted by Gasteiger charge is 2.41. The quantitative estimate of drug-likeness (QED) is 0.160. The molecule has 5 rings (SSSR count). The lowest BCUT2D eigenvalue weighted by atomic mass is 9.65. The molecule has 0 bridgehead atoms. The lowest BCUT2D eigenvalue weighted by Crippen LogP contribution is -2.43. The minimum atomic E-state index is -0.679. The molecule has 212 valence electrons. The van der Waals surface area contributed by atoms with Gasteiger partial charge >= 0.3 is 0 Å². The van der Waals surface area contributed by atoms with Gasteiger partial charge < -0.3 is 15.8 Å². The summed E-state index contributed by atoms with van der Waals surface area (Å²) in [5, 5.41) is 14.1. The summed E-state index contributed by atoms with van der Waals surface area (Å²) < 4.78 is 6.26. The Morgan fingerprint density at radius 1 is 1.02 bits per heavy atom. The van der Waals surface area contributed by atoms with Gasteiger partial charge in [-0.05, 0) is 74.1 Å². The molecule has 0 atom stereocenters. The lowest BCUT2D eigenvalue weighted by Gasteiger charge is -2.41. The van der Waals surface area contributed by atoms with Crippen LogP contribution in [0.25, 0.3) is 10.9 Å². The van der Waals surface area contributed by atoms with E-state index in [1.54, 1.807) is 17.6 Å². The lowest BCUT2D eigenvalue weighted by molar-refractivity contribution is -0.131. The van der Waals surface area contributed by atoms with Crippen LogP contribution in [-0.2, 0) is 23.4 Å². The van der Waals surface area contributed by atoms with E-state index in [1.165, 1.54) is 5.56 Å². The van der Waals surface area contributed by atoms with E-state index < -0.39 is 17.2 Å². The van der Waals surface area contributed by atoms with E-state index in [9.17, 15) is 14.8 Å². The largest absolute Gasteiger partial charge is 0.489 e. The summed E-state index contributed by atoms with van der Waals surface area (Å²) in [5.74, 6) is -0.478. The van der Waals surface area contributed by atoms with Crippen LogP contribution in [0.2, 0.25) is 0 Å². The summed E-state index contributed by atoms with van der Waals surface area (Å²) in [5.41, 5.74) is 12.0. The minimum Gasteiger partial charge on any atom is -0.489 e. The zero-order chi connectivity index (χ0) is 28.8. The second-order valence-corrected chi connectivity index (χ2v) is 10.9. The summed E-state index contributed by atoms with van der Waals surface area (Å²) >= 11 is 0. The van der Waals surface area contributed by atoms with E-state index in [1.807, 2.05) is 61.5 Å². The summed E-state index contributed by atoms with van der Waals surface area (Å²) in [6.45, 7) is 3.03. The first-order valence-electron chi connectivity index (χ1n) is 14.0. The maximum atomic E-state index is 12.6. The molecule has 1 saturated carbocycles. The number of hydrogen-bond donors (Lipinski definition) is 4. The molecule has 1 aliphatic rings. The van der Waals surface area contributed by atoms with E-state index in [2.05, 4.69) is 22.4 Å². The van der Waals surface area contributed by atoms with E-state index in [0.717, 1.165) is 41.5 Å². The van der Waals surface area contributed by atoms with Gasteiger partial charge in [0.05, 0.1) is 5.52 Å². The molecule has 1 fully saturated rings. The van der Waals surface area contributed by atoms with Crippen molar-refractivity contribution in [2.75, 3.05) is 0 Å². The number of carbonyl (C=O) groups excluding carboxylic acids is 2. The summed E-state index contributed by atoms with van der Waals surface area (Å²) in [6, 6.07) is 25.7. The number of aryl methyl sites for hydroxylation is 1. The van der Waals surface area contributed by atoms with Crippen molar-refractivity contribution in [2.24, 2.45) is 5.73 Å². The van der Waals surface area contributed by atoms with E-state index in [0.29, 0.717) is 36.3 Å². The molecule has 0 radical (unpaired) electrons. The number of nitrogens with zero attached hydrogens (tertiary/aromatic N) is 1. The number of hydrogen-bond acceptors (Lipinski definition) is 6. The number of primary amides is 1. The van der Waals surface area contributed by atoms with Crippen LogP contribution in [0, 0.1) is 6.92 Å². The van der Waals surface area contributed by atoms with E-state index in [4.69, 9.17) is 10.5 Å². The minimum absolute atomic E-state index is 0.0345. The van der Waals surface area contributed by atoms with Gasteiger partial charge in [0.15, 0.2) is 0 Å². The number of hydroxylamine groups is 1. The zero-order valence-corrected chi connectivity index (χ0v) is 23.2. The molecule has 2 amide bonds. The van der Waals surface area contributed by atoms with Crippen molar-refractivity contribution in [1.82, 2.24) is 15.8 Å². The number of para-hydroxylation sites is 1. The number of nitrogens with one attached hydrogen (secondary N) is 2. The highest BCUT2D eigenvalue weighted by molar-refractivity contribution is 5.95. The third kappa shape index (κ3) is 6.56.